The maximum Gasteiger partial charge on any atom is 0.339 e. The summed E-state index contributed by atoms with van der Waals surface area (Å²) >= 11 is 0. The zero-order valence-electron chi connectivity index (χ0n) is 12.7. The highest BCUT2D eigenvalue weighted by Gasteiger charge is 2.32. The van der Waals surface area contributed by atoms with Gasteiger partial charge in [-0.2, -0.15) is 0 Å². The van der Waals surface area contributed by atoms with E-state index in [0.29, 0.717) is 6.54 Å². The molecule has 0 aliphatic carbocycles. The van der Waals surface area contributed by atoms with E-state index in [-0.39, 0.29) is 23.0 Å². The average molecular weight is 313 g/mol. The van der Waals surface area contributed by atoms with Gasteiger partial charge in [-0.15, -0.1) is 0 Å². The number of anilines is 2. The molecule has 1 unspecified atom stereocenters. The Bertz CT molecular complexity index is 791. The molecular formula is C16H15N3O4. The summed E-state index contributed by atoms with van der Waals surface area (Å²) in [4.78, 5) is 28.5. The van der Waals surface area contributed by atoms with Gasteiger partial charge in [-0.1, -0.05) is 25.1 Å². The van der Waals surface area contributed by atoms with Crippen LogP contribution < -0.4 is 4.90 Å². The summed E-state index contributed by atoms with van der Waals surface area (Å²) in [6.07, 6.45) is 1.31. The van der Waals surface area contributed by atoms with Gasteiger partial charge >= 0.3 is 11.7 Å². The van der Waals surface area contributed by atoms with Gasteiger partial charge in [0.25, 0.3) is 0 Å². The Morgan fingerprint density at radius 1 is 1.43 bits per heavy atom. The molecule has 7 heteroatoms. The molecule has 0 amide bonds. The second-order valence-corrected chi connectivity index (χ2v) is 5.39. The fraction of sp³-hybridized carbons (Fsp3) is 0.250. The van der Waals surface area contributed by atoms with Crippen molar-refractivity contribution >= 4 is 23.2 Å². The van der Waals surface area contributed by atoms with E-state index in [1.165, 1.54) is 19.4 Å². The van der Waals surface area contributed by atoms with E-state index in [1.54, 1.807) is 0 Å². The molecule has 1 aromatic heterocycles. The van der Waals surface area contributed by atoms with Crippen LogP contribution in [0, 0.1) is 10.1 Å². The number of esters is 1. The lowest BCUT2D eigenvalue weighted by Gasteiger charge is -2.18. The maximum atomic E-state index is 11.6. The molecule has 0 radical (unpaired) electrons. The number of aromatic nitrogens is 1. The molecule has 2 aromatic rings. The van der Waals surface area contributed by atoms with Gasteiger partial charge in [0.2, 0.25) is 5.82 Å². The summed E-state index contributed by atoms with van der Waals surface area (Å²) in [6, 6.07) is 8.96. The van der Waals surface area contributed by atoms with Crippen LogP contribution in [-0.4, -0.2) is 29.5 Å². The summed E-state index contributed by atoms with van der Waals surface area (Å²) in [5, 5.41) is 11.4. The third-order valence-electron chi connectivity index (χ3n) is 3.94. The summed E-state index contributed by atoms with van der Waals surface area (Å²) in [6.45, 7) is 2.66. The fourth-order valence-corrected chi connectivity index (χ4v) is 2.84. The second-order valence-electron chi connectivity index (χ2n) is 5.39. The number of rotatable bonds is 3. The Hall–Kier alpha value is -2.96. The highest BCUT2D eigenvalue weighted by molar-refractivity contribution is 5.91. The van der Waals surface area contributed by atoms with E-state index in [4.69, 9.17) is 0 Å². The third-order valence-corrected chi connectivity index (χ3v) is 3.94. The number of pyridine rings is 1. The number of hydrogen-bond donors (Lipinski definition) is 0. The average Bonchev–Trinajstić information content (AvgIpc) is 2.91. The molecule has 0 N–H and O–H groups in total. The first-order valence-corrected chi connectivity index (χ1v) is 7.12. The molecule has 0 spiro atoms. The third kappa shape index (κ3) is 2.50. The highest BCUT2D eigenvalue weighted by Crippen LogP contribution is 2.42. The van der Waals surface area contributed by atoms with Gasteiger partial charge in [-0.05, 0) is 11.6 Å². The molecular weight excluding hydrogens is 298 g/mol. The first kappa shape index (κ1) is 15.0. The van der Waals surface area contributed by atoms with Crippen LogP contribution in [0.3, 0.4) is 0 Å². The minimum absolute atomic E-state index is 0.0588. The number of para-hydroxylation sites is 1. The van der Waals surface area contributed by atoms with Gasteiger partial charge in [0.1, 0.15) is 0 Å². The van der Waals surface area contributed by atoms with E-state index >= 15 is 0 Å². The fourth-order valence-electron chi connectivity index (χ4n) is 2.84. The van der Waals surface area contributed by atoms with Crippen LogP contribution in [0.4, 0.5) is 17.2 Å². The Morgan fingerprint density at radius 3 is 2.87 bits per heavy atom. The van der Waals surface area contributed by atoms with Crippen molar-refractivity contribution in [3.05, 3.63) is 57.8 Å². The van der Waals surface area contributed by atoms with Gasteiger partial charge in [0.15, 0.2) is 0 Å². The lowest BCUT2D eigenvalue weighted by Crippen LogP contribution is -2.18. The summed E-state index contributed by atoms with van der Waals surface area (Å²) in [5.41, 5.74) is 1.88. The number of fused-ring (bicyclic) bond motifs is 1. The van der Waals surface area contributed by atoms with Crippen molar-refractivity contribution in [1.29, 1.82) is 0 Å². The molecule has 23 heavy (non-hydrogen) atoms. The molecule has 2 heterocycles. The predicted molar refractivity (Wildman–Crippen MR) is 84.1 cm³/mol. The van der Waals surface area contributed by atoms with Crippen molar-refractivity contribution in [3.63, 3.8) is 0 Å². The van der Waals surface area contributed by atoms with Crippen molar-refractivity contribution < 1.29 is 14.5 Å². The number of hydrogen-bond acceptors (Lipinski definition) is 6. The van der Waals surface area contributed by atoms with Gasteiger partial charge in [-0.3, -0.25) is 10.1 Å². The van der Waals surface area contributed by atoms with Gasteiger partial charge in [0.05, 0.1) is 17.6 Å². The molecule has 0 bridgehead atoms. The molecule has 1 atom stereocenters. The quantitative estimate of drug-likeness (QED) is 0.492. The molecule has 1 aliphatic heterocycles. The topological polar surface area (TPSA) is 85.6 Å². The molecule has 7 nitrogen and oxygen atoms in total. The molecule has 0 saturated heterocycles. The summed E-state index contributed by atoms with van der Waals surface area (Å²) < 4.78 is 4.59. The SMILES string of the molecule is COC(=O)c1cnc(N2CC(C)c3ccccc32)c([N+](=O)[O-])c1. The van der Waals surface area contributed by atoms with Crippen molar-refractivity contribution in [1.82, 2.24) is 4.98 Å². The minimum atomic E-state index is -0.651. The van der Waals surface area contributed by atoms with Crippen LogP contribution in [0.5, 0.6) is 0 Å². The summed E-state index contributed by atoms with van der Waals surface area (Å²) in [7, 11) is 1.22. The monoisotopic (exact) mass is 313 g/mol. The molecule has 0 fully saturated rings. The van der Waals surface area contributed by atoms with Crippen LogP contribution in [0.1, 0.15) is 28.8 Å². The van der Waals surface area contributed by atoms with Crippen LogP contribution in [0.2, 0.25) is 0 Å². The van der Waals surface area contributed by atoms with Crippen LogP contribution in [0.15, 0.2) is 36.5 Å². The number of nitrogens with zero attached hydrogens (tertiary/aromatic N) is 3. The number of methoxy groups -OCH3 is 1. The van der Waals surface area contributed by atoms with Crippen molar-refractivity contribution in [2.24, 2.45) is 0 Å². The molecule has 1 aromatic carbocycles. The first-order valence-electron chi connectivity index (χ1n) is 7.12. The van der Waals surface area contributed by atoms with E-state index in [1.807, 2.05) is 29.2 Å². The largest absolute Gasteiger partial charge is 0.465 e. The number of carbonyl (C=O) groups excluding carboxylic acids is 1. The Morgan fingerprint density at radius 2 is 2.17 bits per heavy atom. The zero-order valence-corrected chi connectivity index (χ0v) is 12.7. The predicted octanol–water partition coefficient (Wildman–Crippen LogP) is 3.03. The summed E-state index contributed by atoms with van der Waals surface area (Å²) in [5.74, 6) is -0.172. The van der Waals surface area contributed by atoms with Crippen molar-refractivity contribution in [2.75, 3.05) is 18.6 Å². The van der Waals surface area contributed by atoms with E-state index < -0.39 is 10.9 Å². The Balaban J connectivity index is 2.10. The lowest BCUT2D eigenvalue weighted by molar-refractivity contribution is -0.384. The van der Waals surface area contributed by atoms with E-state index in [9.17, 15) is 14.9 Å². The lowest BCUT2D eigenvalue weighted by atomic mass is 10.0. The van der Waals surface area contributed by atoms with Crippen molar-refractivity contribution in [2.45, 2.75) is 12.8 Å². The van der Waals surface area contributed by atoms with E-state index in [2.05, 4.69) is 16.6 Å². The van der Waals surface area contributed by atoms with Gasteiger partial charge in [-0.25, -0.2) is 9.78 Å². The van der Waals surface area contributed by atoms with Crippen LogP contribution in [0.25, 0.3) is 0 Å². The van der Waals surface area contributed by atoms with E-state index in [0.717, 1.165) is 11.3 Å². The first-order chi connectivity index (χ1) is 11.0. The van der Waals surface area contributed by atoms with Crippen LogP contribution >= 0.6 is 0 Å². The molecule has 0 saturated carbocycles. The highest BCUT2D eigenvalue weighted by atomic mass is 16.6. The zero-order chi connectivity index (χ0) is 16.6. The number of benzene rings is 1. The molecule has 1 aliphatic rings. The Labute approximate surface area is 132 Å². The minimum Gasteiger partial charge on any atom is -0.465 e. The number of ether oxygens (including phenoxy) is 1. The number of carbonyl (C=O) groups is 1. The van der Waals surface area contributed by atoms with Gasteiger partial charge in [0, 0.05) is 30.4 Å². The van der Waals surface area contributed by atoms with Gasteiger partial charge < -0.3 is 9.64 Å². The Kier molecular flexibility index (Phi) is 3.69. The van der Waals surface area contributed by atoms with Crippen molar-refractivity contribution in [3.8, 4) is 0 Å². The van der Waals surface area contributed by atoms with Crippen LogP contribution in [-0.2, 0) is 4.74 Å². The molecule has 118 valence electrons. The standard InChI is InChI=1S/C16H15N3O4/c1-10-9-18(13-6-4-3-5-12(10)13)15-14(19(21)22)7-11(8-17-15)16(20)23-2/h3-8,10H,9H2,1-2H3. The normalized spacial score (nSPS) is 16.1. The number of nitro groups is 1. The second kappa shape index (κ2) is 5.68. The molecule has 3 rings (SSSR count). The maximum absolute atomic E-state index is 11.6. The smallest absolute Gasteiger partial charge is 0.339 e.